The van der Waals surface area contributed by atoms with E-state index in [9.17, 15) is 0 Å². The van der Waals surface area contributed by atoms with E-state index in [4.69, 9.17) is 0 Å². The maximum absolute atomic E-state index is 2.48. The zero-order valence-electron chi connectivity index (χ0n) is 28.1. The van der Waals surface area contributed by atoms with Gasteiger partial charge in [-0.3, -0.25) is 0 Å². The molecule has 0 amide bonds. The highest BCUT2D eigenvalue weighted by Gasteiger charge is 2.25. The molecule has 0 aromatic heterocycles. The second-order valence-corrected chi connectivity index (χ2v) is 13.2. The third kappa shape index (κ3) is 6.87. The van der Waals surface area contributed by atoms with Gasteiger partial charge in [0.05, 0.1) is 6.04 Å². The molecule has 1 aliphatic carbocycles. The molecule has 5 aromatic rings. The average molecular weight is 603 g/mol. The van der Waals surface area contributed by atoms with Crippen LogP contribution in [0, 0.1) is 33.6 Å². The third-order valence-corrected chi connectivity index (χ3v) is 9.18. The Morgan fingerprint density at radius 2 is 0.870 bits per heavy atom. The summed E-state index contributed by atoms with van der Waals surface area (Å²) in [6, 6.07) is 44.9. The van der Waals surface area contributed by atoms with Crippen LogP contribution in [0.1, 0.15) is 54.0 Å². The SMILES string of the molecule is Cc1ccc(N(c2ccc(C)cc2)c2ccc(C(C3=CCC(N(c4ccc(C)cc4)c4ccc(C)cc4)C=C3)C(C)C)cc2)cc1. The molecule has 2 unspecified atom stereocenters. The molecule has 6 rings (SSSR count). The lowest BCUT2D eigenvalue weighted by Gasteiger charge is -2.35. The van der Waals surface area contributed by atoms with Crippen molar-refractivity contribution < 1.29 is 0 Å². The molecule has 0 fully saturated rings. The van der Waals surface area contributed by atoms with Gasteiger partial charge in [-0.2, -0.15) is 0 Å². The van der Waals surface area contributed by atoms with E-state index in [1.165, 1.54) is 61.8 Å². The van der Waals surface area contributed by atoms with Crippen LogP contribution in [-0.4, -0.2) is 6.04 Å². The van der Waals surface area contributed by atoms with Gasteiger partial charge in [0.1, 0.15) is 0 Å². The Hall–Kier alpha value is -4.82. The van der Waals surface area contributed by atoms with Gasteiger partial charge in [0.2, 0.25) is 0 Å². The number of nitrogens with zero attached hydrogens (tertiary/aromatic N) is 2. The van der Waals surface area contributed by atoms with Crippen LogP contribution < -0.4 is 9.80 Å². The fraction of sp³-hybridized carbons (Fsp3) is 0.227. The summed E-state index contributed by atoms with van der Waals surface area (Å²) in [5.74, 6) is 0.791. The summed E-state index contributed by atoms with van der Waals surface area (Å²) >= 11 is 0. The summed E-state index contributed by atoms with van der Waals surface area (Å²) in [5, 5.41) is 0. The molecular weight excluding hydrogens is 556 g/mol. The van der Waals surface area contributed by atoms with Crippen molar-refractivity contribution in [3.8, 4) is 0 Å². The number of aryl methyl sites for hydroxylation is 4. The van der Waals surface area contributed by atoms with Crippen LogP contribution in [0.5, 0.6) is 0 Å². The van der Waals surface area contributed by atoms with Gasteiger partial charge in [-0.25, -0.2) is 0 Å². The van der Waals surface area contributed by atoms with Crippen molar-refractivity contribution in [2.24, 2.45) is 5.92 Å². The summed E-state index contributed by atoms with van der Waals surface area (Å²) in [6.45, 7) is 13.3. The number of rotatable bonds is 9. The number of benzene rings is 5. The van der Waals surface area contributed by atoms with E-state index in [0.29, 0.717) is 11.8 Å². The number of allylic oxidation sites excluding steroid dienone is 2. The first-order chi connectivity index (χ1) is 22.3. The molecule has 0 heterocycles. The standard InChI is InChI=1S/C44H46N2/c1-31(2)44(36-15-27-42(28-16-36)45(38-19-7-32(3)8-20-38)39-21-9-33(4)10-22-39)37-17-29-43(30-18-37)46(40-23-11-34(5)12-24-40)41-25-13-35(6)14-26-41/h7-29,31,43-44H,30H2,1-6H3. The fourth-order valence-corrected chi connectivity index (χ4v) is 6.62. The van der Waals surface area contributed by atoms with Crippen LogP contribution in [0.2, 0.25) is 0 Å². The molecule has 2 nitrogen and oxygen atoms in total. The van der Waals surface area contributed by atoms with Gasteiger partial charge in [-0.15, -0.1) is 0 Å². The van der Waals surface area contributed by atoms with Gasteiger partial charge in [-0.1, -0.05) is 115 Å². The largest absolute Gasteiger partial charge is 0.334 e. The van der Waals surface area contributed by atoms with Gasteiger partial charge in [-0.05, 0) is 112 Å². The van der Waals surface area contributed by atoms with E-state index >= 15 is 0 Å². The lowest BCUT2D eigenvalue weighted by Crippen LogP contribution is -2.30. The van der Waals surface area contributed by atoms with Gasteiger partial charge in [0.25, 0.3) is 0 Å². The lowest BCUT2D eigenvalue weighted by molar-refractivity contribution is 0.557. The summed E-state index contributed by atoms with van der Waals surface area (Å²) in [6.07, 6.45) is 8.23. The van der Waals surface area contributed by atoms with E-state index in [1.807, 2.05) is 0 Å². The molecule has 232 valence electrons. The molecule has 2 atom stereocenters. The number of hydrogen-bond acceptors (Lipinski definition) is 2. The van der Waals surface area contributed by atoms with Gasteiger partial charge in [0, 0.05) is 34.4 Å². The van der Waals surface area contributed by atoms with E-state index in [2.05, 4.69) is 191 Å². The van der Waals surface area contributed by atoms with Crippen molar-refractivity contribution in [1.82, 2.24) is 0 Å². The van der Waals surface area contributed by atoms with Crippen LogP contribution in [0.4, 0.5) is 28.4 Å². The van der Waals surface area contributed by atoms with Crippen LogP contribution >= 0.6 is 0 Å². The van der Waals surface area contributed by atoms with Gasteiger partial charge < -0.3 is 9.80 Å². The maximum Gasteiger partial charge on any atom is 0.0560 e. The van der Waals surface area contributed by atoms with Crippen LogP contribution in [0.3, 0.4) is 0 Å². The van der Waals surface area contributed by atoms with Crippen molar-refractivity contribution in [1.29, 1.82) is 0 Å². The third-order valence-electron chi connectivity index (χ3n) is 9.18. The summed E-state index contributed by atoms with van der Waals surface area (Å²) in [4.78, 5) is 4.83. The molecule has 46 heavy (non-hydrogen) atoms. The Morgan fingerprint density at radius 3 is 1.22 bits per heavy atom. The Bertz CT molecular complexity index is 1700. The fourth-order valence-electron chi connectivity index (χ4n) is 6.62. The average Bonchev–Trinajstić information content (AvgIpc) is 3.06. The number of hydrogen-bond donors (Lipinski definition) is 0. The zero-order valence-corrected chi connectivity index (χ0v) is 28.1. The monoisotopic (exact) mass is 602 g/mol. The number of anilines is 5. The normalized spacial score (nSPS) is 15.0. The van der Waals surface area contributed by atoms with Crippen LogP contribution in [0.15, 0.2) is 145 Å². The minimum Gasteiger partial charge on any atom is -0.334 e. The first-order valence-corrected chi connectivity index (χ1v) is 16.6. The molecular formula is C44H46N2. The molecule has 0 saturated heterocycles. The summed E-state index contributed by atoms with van der Waals surface area (Å²) in [7, 11) is 0. The Morgan fingerprint density at radius 1 is 0.500 bits per heavy atom. The minimum atomic E-state index is 0.252. The molecule has 0 N–H and O–H groups in total. The van der Waals surface area contributed by atoms with Gasteiger partial charge >= 0.3 is 0 Å². The second-order valence-electron chi connectivity index (χ2n) is 13.2. The van der Waals surface area contributed by atoms with Crippen molar-refractivity contribution in [3.63, 3.8) is 0 Å². The quantitative estimate of drug-likeness (QED) is 0.166. The molecule has 0 saturated carbocycles. The van der Waals surface area contributed by atoms with E-state index in [0.717, 1.165) is 6.42 Å². The lowest BCUT2D eigenvalue weighted by atomic mass is 9.79. The summed E-state index contributed by atoms with van der Waals surface area (Å²) in [5.41, 5.74) is 13.8. The Labute approximate surface area is 276 Å². The predicted octanol–water partition coefficient (Wildman–Crippen LogP) is 12.2. The van der Waals surface area contributed by atoms with E-state index in [1.54, 1.807) is 0 Å². The van der Waals surface area contributed by atoms with Crippen LogP contribution in [-0.2, 0) is 0 Å². The zero-order chi connectivity index (χ0) is 32.2. The molecule has 2 heteroatoms. The van der Waals surface area contributed by atoms with Crippen molar-refractivity contribution in [2.45, 2.75) is 59.9 Å². The molecule has 1 aliphatic rings. The van der Waals surface area contributed by atoms with Crippen molar-refractivity contribution in [3.05, 3.63) is 173 Å². The molecule has 0 radical (unpaired) electrons. The maximum atomic E-state index is 2.48. The summed E-state index contributed by atoms with van der Waals surface area (Å²) < 4.78 is 0. The van der Waals surface area contributed by atoms with E-state index in [-0.39, 0.29) is 6.04 Å². The Kier molecular flexibility index (Phi) is 9.26. The second kappa shape index (κ2) is 13.7. The smallest absolute Gasteiger partial charge is 0.0560 e. The first kappa shape index (κ1) is 31.2. The van der Waals surface area contributed by atoms with Crippen LogP contribution in [0.25, 0.3) is 0 Å². The molecule has 0 bridgehead atoms. The predicted molar refractivity (Wildman–Crippen MR) is 198 cm³/mol. The highest BCUT2D eigenvalue weighted by Crippen LogP contribution is 2.40. The molecule has 5 aromatic carbocycles. The molecule has 0 aliphatic heterocycles. The van der Waals surface area contributed by atoms with Gasteiger partial charge in [0.15, 0.2) is 0 Å². The Balaban J connectivity index is 1.28. The van der Waals surface area contributed by atoms with Crippen molar-refractivity contribution >= 4 is 28.4 Å². The minimum absolute atomic E-state index is 0.252. The first-order valence-electron chi connectivity index (χ1n) is 16.6. The highest BCUT2D eigenvalue weighted by molar-refractivity contribution is 5.77. The highest BCUT2D eigenvalue weighted by atomic mass is 15.2. The topological polar surface area (TPSA) is 6.48 Å². The molecule has 0 spiro atoms. The van der Waals surface area contributed by atoms with Crippen molar-refractivity contribution in [2.75, 3.05) is 9.80 Å². The van der Waals surface area contributed by atoms with E-state index < -0.39 is 0 Å².